The zero-order valence-corrected chi connectivity index (χ0v) is 12.5. The van der Waals surface area contributed by atoms with Crippen LogP contribution in [-0.2, 0) is 6.42 Å². The first-order chi connectivity index (χ1) is 9.34. The van der Waals surface area contributed by atoms with Gasteiger partial charge < -0.3 is 14.9 Å². The average molecular weight is 278 g/mol. The van der Waals surface area contributed by atoms with Crippen molar-refractivity contribution in [1.29, 1.82) is 0 Å². The number of rotatable bonds is 5. The molecule has 0 saturated carbocycles. The fourth-order valence-electron chi connectivity index (χ4n) is 1.82. The Balaban J connectivity index is 2.68. The summed E-state index contributed by atoms with van der Waals surface area (Å²) < 4.78 is 0. The molecule has 1 N–H and O–H groups in total. The summed E-state index contributed by atoms with van der Waals surface area (Å²) in [5.41, 5.74) is 1.04. The predicted octanol–water partition coefficient (Wildman–Crippen LogP) is 2.32. The molecule has 1 rings (SSSR count). The fourth-order valence-corrected chi connectivity index (χ4v) is 1.82. The molecule has 2 amide bonds. The van der Waals surface area contributed by atoms with Gasteiger partial charge in [0, 0.05) is 26.7 Å². The van der Waals surface area contributed by atoms with Crippen LogP contribution in [0.5, 0.6) is 0 Å². The second-order valence-electron chi connectivity index (χ2n) is 5.12. The van der Waals surface area contributed by atoms with Crippen LogP contribution in [-0.4, -0.2) is 53.6 Å². The van der Waals surface area contributed by atoms with Crippen LogP contribution in [0.3, 0.4) is 0 Å². The summed E-state index contributed by atoms with van der Waals surface area (Å²) in [6, 6.07) is 6.95. The molecule has 110 valence electrons. The number of carboxylic acid groups (broad SMARTS) is 1. The van der Waals surface area contributed by atoms with E-state index in [2.05, 4.69) is 0 Å². The molecule has 0 radical (unpaired) electrons. The van der Waals surface area contributed by atoms with E-state index in [9.17, 15) is 9.59 Å². The van der Waals surface area contributed by atoms with Crippen molar-refractivity contribution in [3.8, 4) is 0 Å². The van der Waals surface area contributed by atoms with Gasteiger partial charge in [0.2, 0.25) is 0 Å². The van der Waals surface area contributed by atoms with E-state index in [0.29, 0.717) is 18.5 Å². The molecule has 0 heterocycles. The van der Waals surface area contributed by atoms with Gasteiger partial charge in [-0.3, -0.25) is 0 Å². The van der Waals surface area contributed by atoms with Gasteiger partial charge in [0.15, 0.2) is 0 Å². The highest BCUT2D eigenvalue weighted by molar-refractivity contribution is 5.89. The topological polar surface area (TPSA) is 60.9 Å². The molecule has 0 unspecified atom stereocenters. The lowest BCUT2D eigenvalue weighted by molar-refractivity contribution is 0.0695. The third-order valence-electron chi connectivity index (χ3n) is 3.37. The molecule has 1 aromatic carbocycles. The Morgan fingerprint density at radius 3 is 2.35 bits per heavy atom. The van der Waals surface area contributed by atoms with E-state index in [4.69, 9.17) is 5.11 Å². The van der Waals surface area contributed by atoms with E-state index < -0.39 is 5.97 Å². The van der Waals surface area contributed by atoms with Crippen LogP contribution in [0.25, 0.3) is 0 Å². The van der Waals surface area contributed by atoms with E-state index in [-0.39, 0.29) is 12.1 Å². The van der Waals surface area contributed by atoms with Gasteiger partial charge in [0.05, 0.1) is 5.56 Å². The number of hydrogen-bond acceptors (Lipinski definition) is 2. The van der Waals surface area contributed by atoms with Gasteiger partial charge in [0.1, 0.15) is 0 Å². The molecule has 20 heavy (non-hydrogen) atoms. The second-order valence-corrected chi connectivity index (χ2v) is 5.12. The van der Waals surface area contributed by atoms with Crippen LogP contribution >= 0.6 is 0 Å². The van der Waals surface area contributed by atoms with Crippen LogP contribution < -0.4 is 0 Å². The molecule has 0 saturated heterocycles. The molecule has 0 aromatic heterocycles. The Morgan fingerprint density at radius 2 is 1.80 bits per heavy atom. The van der Waals surface area contributed by atoms with Crippen molar-refractivity contribution in [2.75, 3.05) is 20.6 Å². The number of carbonyl (C=O) groups excluding carboxylic acids is 1. The first-order valence-corrected chi connectivity index (χ1v) is 6.63. The zero-order valence-electron chi connectivity index (χ0n) is 12.5. The number of carboxylic acids is 1. The highest BCUT2D eigenvalue weighted by atomic mass is 16.4. The number of nitrogens with zero attached hydrogens (tertiary/aromatic N) is 2. The lowest BCUT2D eigenvalue weighted by atomic mass is 10.0. The maximum Gasteiger partial charge on any atom is 0.335 e. The van der Waals surface area contributed by atoms with Crippen LogP contribution in [0.2, 0.25) is 0 Å². The number of urea groups is 1. The molecule has 0 aliphatic carbocycles. The number of carbonyl (C=O) groups is 2. The van der Waals surface area contributed by atoms with Gasteiger partial charge in [0.25, 0.3) is 0 Å². The highest BCUT2D eigenvalue weighted by Gasteiger charge is 2.17. The van der Waals surface area contributed by atoms with Crippen molar-refractivity contribution >= 4 is 12.0 Å². The SMILES string of the molecule is CC(C)N(C)C(=O)N(C)CCc1ccccc1C(=O)O. The highest BCUT2D eigenvalue weighted by Crippen LogP contribution is 2.10. The fraction of sp³-hybridized carbons (Fsp3) is 0.467. The van der Waals surface area contributed by atoms with Gasteiger partial charge >= 0.3 is 12.0 Å². The summed E-state index contributed by atoms with van der Waals surface area (Å²) in [6.07, 6.45) is 0.524. The third-order valence-corrected chi connectivity index (χ3v) is 3.37. The molecule has 5 heteroatoms. The Hall–Kier alpha value is -2.04. The standard InChI is InChI=1S/C15H22N2O3/c1-11(2)17(4)15(20)16(3)10-9-12-7-5-6-8-13(12)14(18)19/h5-8,11H,9-10H2,1-4H3,(H,18,19). The largest absolute Gasteiger partial charge is 0.478 e. The van der Waals surface area contributed by atoms with Crippen LogP contribution in [0.4, 0.5) is 4.79 Å². The monoisotopic (exact) mass is 278 g/mol. The van der Waals surface area contributed by atoms with Crippen LogP contribution in [0.1, 0.15) is 29.8 Å². The molecule has 0 aliphatic heterocycles. The van der Waals surface area contributed by atoms with Gasteiger partial charge in [-0.1, -0.05) is 18.2 Å². The number of aromatic carboxylic acids is 1. The average Bonchev–Trinajstić information content (AvgIpc) is 2.43. The maximum atomic E-state index is 12.1. The normalized spacial score (nSPS) is 10.4. The summed E-state index contributed by atoms with van der Waals surface area (Å²) >= 11 is 0. The summed E-state index contributed by atoms with van der Waals surface area (Å²) in [5, 5.41) is 9.11. The van der Waals surface area contributed by atoms with Crippen molar-refractivity contribution in [3.63, 3.8) is 0 Å². The zero-order chi connectivity index (χ0) is 15.3. The lowest BCUT2D eigenvalue weighted by Gasteiger charge is -2.27. The maximum absolute atomic E-state index is 12.1. The van der Waals surface area contributed by atoms with Gasteiger partial charge in [-0.2, -0.15) is 0 Å². The Labute approximate surface area is 119 Å². The Morgan fingerprint density at radius 1 is 1.20 bits per heavy atom. The second kappa shape index (κ2) is 6.93. The van der Waals surface area contributed by atoms with E-state index in [1.807, 2.05) is 19.9 Å². The number of hydrogen-bond donors (Lipinski definition) is 1. The molecule has 0 bridgehead atoms. The Kier molecular flexibility index (Phi) is 5.55. The van der Waals surface area contributed by atoms with E-state index in [0.717, 1.165) is 5.56 Å². The van der Waals surface area contributed by atoms with Crippen molar-refractivity contribution in [3.05, 3.63) is 35.4 Å². The van der Waals surface area contributed by atoms with Crippen molar-refractivity contribution in [2.24, 2.45) is 0 Å². The molecule has 0 fully saturated rings. The lowest BCUT2D eigenvalue weighted by Crippen LogP contribution is -2.43. The summed E-state index contributed by atoms with van der Waals surface area (Å²) in [5.74, 6) is -0.936. The number of benzene rings is 1. The Bertz CT molecular complexity index is 486. The third kappa shape index (κ3) is 3.98. The van der Waals surface area contributed by atoms with Crippen molar-refractivity contribution < 1.29 is 14.7 Å². The van der Waals surface area contributed by atoms with Crippen molar-refractivity contribution in [1.82, 2.24) is 9.80 Å². The van der Waals surface area contributed by atoms with Crippen molar-refractivity contribution in [2.45, 2.75) is 26.3 Å². The molecule has 5 nitrogen and oxygen atoms in total. The van der Waals surface area contributed by atoms with Crippen LogP contribution in [0, 0.1) is 0 Å². The summed E-state index contributed by atoms with van der Waals surface area (Å²) in [4.78, 5) is 26.4. The van der Waals surface area contributed by atoms with Gasteiger partial charge in [-0.25, -0.2) is 9.59 Å². The number of amides is 2. The quantitative estimate of drug-likeness (QED) is 0.899. The van der Waals surface area contributed by atoms with Gasteiger partial charge in [-0.05, 0) is 31.9 Å². The smallest absolute Gasteiger partial charge is 0.335 e. The molecule has 0 atom stereocenters. The first kappa shape index (κ1) is 16.0. The summed E-state index contributed by atoms with van der Waals surface area (Å²) in [6.45, 7) is 4.39. The van der Waals surface area contributed by atoms with E-state index >= 15 is 0 Å². The minimum Gasteiger partial charge on any atom is -0.478 e. The molecular weight excluding hydrogens is 256 g/mol. The molecular formula is C15H22N2O3. The minimum atomic E-state index is -0.936. The molecule has 0 aliphatic rings. The number of likely N-dealkylation sites (N-methyl/N-ethyl adjacent to an activating group) is 1. The minimum absolute atomic E-state index is 0.0622. The van der Waals surface area contributed by atoms with E-state index in [1.165, 1.54) is 0 Å². The summed E-state index contributed by atoms with van der Waals surface area (Å²) in [7, 11) is 3.49. The predicted molar refractivity (Wildman–Crippen MR) is 78.0 cm³/mol. The first-order valence-electron chi connectivity index (χ1n) is 6.63. The van der Waals surface area contributed by atoms with Crippen LogP contribution in [0.15, 0.2) is 24.3 Å². The van der Waals surface area contributed by atoms with Gasteiger partial charge in [-0.15, -0.1) is 0 Å². The molecule has 1 aromatic rings. The molecule has 0 spiro atoms. The van der Waals surface area contributed by atoms with E-state index in [1.54, 1.807) is 42.1 Å².